The number of hydrogen-bond acceptors (Lipinski definition) is 8. The molecule has 0 atom stereocenters. The molecule has 0 bridgehead atoms. The zero-order chi connectivity index (χ0) is 23.0. The summed E-state index contributed by atoms with van der Waals surface area (Å²) in [5, 5.41) is 0.826. The second-order valence-electron chi connectivity index (χ2n) is 8.00. The van der Waals surface area contributed by atoms with Gasteiger partial charge in [0.25, 0.3) is 0 Å². The number of sulfonamides is 1. The predicted octanol–water partition coefficient (Wildman–Crippen LogP) is 2.23. The predicted molar refractivity (Wildman–Crippen MR) is 123 cm³/mol. The third-order valence-electron chi connectivity index (χ3n) is 6.24. The average molecular weight is 471 g/mol. The number of fused-ring (bicyclic) bond motifs is 2. The number of ether oxygens (including phenoxy) is 3. The van der Waals surface area contributed by atoms with E-state index in [1.54, 1.807) is 20.3 Å². The Morgan fingerprint density at radius 3 is 2.52 bits per heavy atom. The summed E-state index contributed by atoms with van der Waals surface area (Å²) in [4.78, 5) is 11.4. The van der Waals surface area contributed by atoms with Crippen molar-refractivity contribution in [3.63, 3.8) is 0 Å². The first-order valence-corrected chi connectivity index (χ1v) is 12.3. The van der Waals surface area contributed by atoms with Crippen LogP contribution in [-0.2, 0) is 27.7 Å². The molecule has 2 aromatic carbocycles. The standard InChI is InChI=1S/C23H26N4O5S/c1-30-20-12-17-19(13-21(20)31-2)24-15-25-23(17)26-7-6-16-4-3-5-22(18(16)14-26)33(28,29)27-8-10-32-11-9-27/h3-5,12-13,15H,6-11,14H2,1-2H3. The molecule has 33 heavy (non-hydrogen) atoms. The molecular formula is C23H26N4O5S. The summed E-state index contributed by atoms with van der Waals surface area (Å²) in [6.45, 7) is 2.73. The van der Waals surface area contributed by atoms with E-state index in [2.05, 4.69) is 14.9 Å². The smallest absolute Gasteiger partial charge is 0.243 e. The summed E-state index contributed by atoms with van der Waals surface area (Å²) in [5.41, 5.74) is 2.61. The van der Waals surface area contributed by atoms with Crippen LogP contribution < -0.4 is 14.4 Å². The number of morpholine rings is 1. The van der Waals surface area contributed by atoms with E-state index < -0.39 is 10.0 Å². The molecule has 5 rings (SSSR count). The van der Waals surface area contributed by atoms with Gasteiger partial charge in [0.15, 0.2) is 11.5 Å². The molecule has 0 spiro atoms. The van der Waals surface area contributed by atoms with Crippen molar-refractivity contribution in [3.8, 4) is 11.5 Å². The van der Waals surface area contributed by atoms with Crippen LogP contribution >= 0.6 is 0 Å². The van der Waals surface area contributed by atoms with Crippen molar-refractivity contribution in [2.24, 2.45) is 0 Å². The molecule has 1 aromatic heterocycles. The van der Waals surface area contributed by atoms with E-state index in [1.165, 1.54) is 10.6 Å². The monoisotopic (exact) mass is 470 g/mol. The topological polar surface area (TPSA) is 94.1 Å². The highest BCUT2D eigenvalue weighted by Gasteiger charge is 2.32. The second-order valence-corrected chi connectivity index (χ2v) is 9.91. The number of hydrogen-bond donors (Lipinski definition) is 0. The minimum Gasteiger partial charge on any atom is -0.493 e. The fourth-order valence-corrected chi connectivity index (χ4v) is 6.19. The molecule has 0 unspecified atom stereocenters. The minimum absolute atomic E-state index is 0.365. The van der Waals surface area contributed by atoms with E-state index in [0.29, 0.717) is 55.8 Å². The number of methoxy groups -OCH3 is 2. The molecule has 3 aromatic rings. The Bertz CT molecular complexity index is 1290. The molecule has 1 saturated heterocycles. The zero-order valence-electron chi connectivity index (χ0n) is 18.7. The van der Waals surface area contributed by atoms with Crippen molar-refractivity contribution >= 4 is 26.7 Å². The Hall–Kier alpha value is -2.95. The van der Waals surface area contributed by atoms with Crippen molar-refractivity contribution < 1.29 is 22.6 Å². The van der Waals surface area contributed by atoms with E-state index in [1.807, 2.05) is 24.3 Å². The first kappa shape index (κ1) is 21.9. The molecule has 0 N–H and O–H groups in total. The maximum Gasteiger partial charge on any atom is 0.243 e. The van der Waals surface area contributed by atoms with Crippen LogP contribution in [-0.4, -0.2) is 69.8 Å². The number of nitrogens with zero attached hydrogens (tertiary/aromatic N) is 4. The van der Waals surface area contributed by atoms with Crippen molar-refractivity contribution in [3.05, 3.63) is 47.8 Å². The van der Waals surface area contributed by atoms with Crippen LogP contribution in [0.4, 0.5) is 5.82 Å². The van der Waals surface area contributed by atoms with Gasteiger partial charge in [-0.25, -0.2) is 18.4 Å². The van der Waals surface area contributed by atoms with Gasteiger partial charge in [-0.1, -0.05) is 12.1 Å². The molecule has 0 aliphatic carbocycles. The largest absolute Gasteiger partial charge is 0.493 e. The third kappa shape index (κ3) is 3.88. The maximum absolute atomic E-state index is 13.5. The lowest BCUT2D eigenvalue weighted by Crippen LogP contribution is -2.41. The lowest BCUT2D eigenvalue weighted by atomic mass is 9.99. The fourth-order valence-electron chi connectivity index (χ4n) is 4.52. The highest BCUT2D eigenvalue weighted by molar-refractivity contribution is 7.89. The van der Waals surface area contributed by atoms with Gasteiger partial charge in [-0.15, -0.1) is 0 Å². The lowest BCUT2D eigenvalue weighted by molar-refractivity contribution is 0.0730. The van der Waals surface area contributed by atoms with Gasteiger partial charge in [0.1, 0.15) is 12.1 Å². The first-order valence-electron chi connectivity index (χ1n) is 10.8. The van der Waals surface area contributed by atoms with Gasteiger partial charge < -0.3 is 19.1 Å². The van der Waals surface area contributed by atoms with E-state index in [9.17, 15) is 8.42 Å². The van der Waals surface area contributed by atoms with E-state index in [-0.39, 0.29) is 0 Å². The molecule has 2 aliphatic heterocycles. The Morgan fingerprint density at radius 1 is 1.00 bits per heavy atom. The van der Waals surface area contributed by atoms with E-state index >= 15 is 0 Å². The molecule has 10 heteroatoms. The van der Waals surface area contributed by atoms with E-state index in [0.717, 1.165) is 34.3 Å². The summed E-state index contributed by atoms with van der Waals surface area (Å²) < 4.78 is 44.7. The lowest BCUT2D eigenvalue weighted by Gasteiger charge is -2.33. The van der Waals surface area contributed by atoms with Gasteiger partial charge in [-0.3, -0.25) is 0 Å². The van der Waals surface area contributed by atoms with Gasteiger partial charge in [-0.2, -0.15) is 4.31 Å². The zero-order valence-corrected chi connectivity index (χ0v) is 19.5. The summed E-state index contributed by atoms with van der Waals surface area (Å²) in [5.74, 6) is 1.93. The van der Waals surface area contributed by atoms with Crippen LogP contribution in [0.5, 0.6) is 11.5 Å². The van der Waals surface area contributed by atoms with Crippen LogP contribution in [0.25, 0.3) is 10.9 Å². The Balaban J connectivity index is 1.55. The quantitative estimate of drug-likeness (QED) is 0.560. The van der Waals surface area contributed by atoms with Crippen LogP contribution in [0.1, 0.15) is 11.1 Å². The number of benzene rings is 2. The van der Waals surface area contributed by atoms with Gasteiger partial charge >= 0.3 is 0 Å². The van der Waals surface area contributed by atoms with Crippen LogP contribution in [0.3, 0.4) is 0 Å². The Labute approximate surface area is 193 Å². The highest BCUT2D eigenvalue weighted by Crippen LogP contribution is 2.37. The molecule has 2 aliphatic rings. The molecule has 0 radical (unpaired) electrons. The number of anilines is 1. The van der Waals surface area contributed by atoms with Gasteiger partial charge in [0, 0.05) is 37.6 Å². The van der Waals surface area contributed by atoms with Crippen molar-refractivity contribution in [1.29, 1.82) is 0 Å². The average Bonchev–Trinajstić information content (AvgIpc) is 2.87. The van der Waals surface area contributed by atoms with Crippen LogP contribution in [0.15, 0.2) is 41.6 Å². The Morgan fingerprint density at radius 2 is 1.76 bits per heavy atom. The van der Waals surface area contributed by atoms with Gasteiger partial charge in [0.05, 0.1) is 37.8 Å². The van der Waals surface area contributed by atoms with Crippen LogP contribution in [0, 0.1) is 0 Å². The molecule has 1 fully saturated rings. The summed E-state index contributed by atoms with van der Waals surface area (Å²) in [6, 6.07) is 9.25. The fraction of sp³-hybridized carbons (Fsp3) is 0.391. The molecule has 174 valence electrons. The summed E-state index contributed by atoms with van der Waals surface area (Å²) in [6.07, 6.45) is 2.25. The van der Waals surface area contributed by atoms with Crippen LogP contribution in [0.2, 0.25) is 0 Å². The normalized spacial score (nSPS) is 17.1. The molecular weight excluding hydrogens is 444 g/mol. The van der Waals surface area contributed by atoms with Crippen molar-refractivity contribution in [2.75, 3.05) is 52.0 Å². The van der Waals surface area contributed by atoms with Gasteiger partial charge in [0.2, 0.25) is 10.0 Å². The summed E-state index contributed by atoms with van der Waals surface area (Å²) >= 11 is 0. The maximum atomic E-state index is 13.5. The number of rotatable bonds is 5. The number of aromatic nitrogens is 2. The first-order chi connectivity index (χ1) is 16.0. The SMILES string of the molecule is COc1cc2ncnc(N3CCc4cccc(S(=O)(=O)N5CCOCC5)c4C3)c2cc1OC. The third-order valence-corrected chi connectivity index (χ3v) is 8.22. The Kier molecular flexibility index (Phi) is 5.81. The van der Waals surface area contributed by atoms with Gasteiger partial charge in [-0.05, 0) is 29.7 Å². The highest BCUT2D eigenvalue weighted by atomic mass is 32.2. The van der Waals surface area contributed by atoms with Crippen molar-refractivity contribution in [1.82, 2.24) is 14.3 Å². The molecule has 9 nitrogen and oxygen atoms in total. The second kappa shape index (κ2) is 8.77. The molecule has 0 saturated carbocycles. The summed E-state index contributed by atoms with van der Waals surface area (Å²) in [7, 11) is -0.436. The molecule has 0 amide bonds. The molecule has 3 heterocycles. The van der Waals surface area contributed by atoms with E-state index in [4.69, 9.17) is 14.2 Å². The van der Waals surface area contributed by atoms with Crippen molar-refractivity contribution in [2.45, 2.75) is 17.9 Å². The minimum atomic E-state index is -3.61.